The number of imidazole rings is 1. The molecule has 4 nitrogen and oxygen atoms in total. The first-order chi connectivity index (χ1) is 16.3. The minimum Gasteiger partial charge on any atom is -0.317 e. The first-order valence-corrected chi connectivity index (χ1v) is 11.4. The van der Waals surface area contributed by atoms with E-state index in [-0.39, 0.29) is 0 Å². The normalized spacial score (nSPS) is 11.7. The Balaban J connectivity index is 1.69. The van der Waals surface area contributed by atoms with Crippen molar-refractivity contribution in [3.63, 3.8) is 0 Å². The highest BCUT2D eigenvalue weighted by atomic mass is 79.9. The molecule has 0 spiro atoms. The van der Waals surface area contributed by atoms with E-state index in [1.807, 2.05) is 55.0 Å². The third-order valence-corrected chi connectivity index (χ3v) is 6.10. The van der Waals surface area contributed by atoms with E-state index in [0.29, 0.717) is 5.82 Å². The second-order valence-corrected chi connectivity index (χ2v) is 8.54. The second kappa shape index (κ2) is 9.35. The van der Waals surface area contributed by atoms with Crippen molar-refractivity contribution in [1.82, 2.24) is 9.55 Å². The van der Waals surface area contributed by atoms with Gasteiger partial charge < -0.3 is 4.57 Å². The lowest BCUT2D eigenvalue weighted by molar-refractivity contribution is 0.514. The molecule has 0 radical (unpaired) electrons. The number of rotatable bonds is 6. The first kappa shape index (κ1) is 21.0. The molecule has 0 N–H and O–H groups in total. The maximum atomic E-state index is 4.59. The van der Waals surface area contributed by atoms with E-state index >= 15 is 0 Å². The largest absolute Gasteiger partial charge is 0.317 e. The Morgan fingerprint density at radius 1 is 0.636 bits per heavy atom. The number of benzene rings is 4. The summed E-state index contributed by atoms with van der Waals surface area (Å²) >= 11 is 3.47. The van der Waals surface area contributed by atoms with Crippen molar-refractivity contribution in [2.45, 2.75) is 5.54 Å². The van der Waals surface area contributed by atoms with Crippen LogP contribution in [0.3, 0.4) is 0 Å². The molecule has 0 aliphatic heterocycles. The molecule has 4 aromatic carbocycles. The van der Waals surface area contributed by atoms with Crippen molar-refractivity contribution in [1.29, 1.82) is 0 Å². The zero-order valence-electron chi connectivity index (χ0n) is 17.8. The van der Waals surface area contributed by atoms with Gasteiger partial charge in [-0.05, 0) is 34.9 Å². The van der Waals surface area contributed by atoms with Gasteiger partial charge in [0.05, 0.1) is 18.2 Å². The number of halogens is 1. The summed E-state index contributed by atoms with van der Waals surface area (Å²) < 4.78 is 3.09. The Hall–Kier alpha value is -3.83. The van der Waals surface area contributed by atoms with E-state index in [4.69, 9.17) is 0 Å². The average molecular weight is 493 g/mol. The standard InChI is InChI=1S/C28H21BrN4/c29-25-17-10-18-26(19-25)31-32-27-20-33(21-30-27)28(22-11-4-1-5-12-22,23-13-6-2-7-14-23)24-15-8-3-9-16-24/h1-21H. The van der Waals surface area contributed by atoms with Gasteiger partial charge in [-0.15, -0.1) is 10.2 Å². The van der Waals surface area contributed by atoms with Crippen LogP contribution >= 0.6 is 15.9 Å². The van der Waals surface area contributed by atoms with Gasteiger partial charge in [0.1, 0.15) is 5.54 Å². The van der Waals surface area contributed by atoms with Gasteiger partial charge in [-0.25, -0.2) is 4.98 Å². The Kier molecular flexibility index (Phi) is 5.96. The zero-order chi connectivity index (χ0) is 22.5. The SMILES string of the molecule is Brc1cccc(N=Nc2cn(C(c3ccccc3)(c3ccccc3)c3ccccc3)cn2)c1. The highest BCUT2D eigenvalue weighted by molar-refractivity contribution is 9.10. The molecule has 5 heteroatoms. The van der Waals surface area contributed by atoms with Crippen molar-refractivity contribution in [2.24, 2.45) is 10.2 Å². The molecule has 0 atom stereocenters. The number of nitrogens with zero attached hydrogens (tertiary/aromatic N) is 4. The molecule has 33 heavy (non-hydrogen) atoms. The van der Waals surface area contributed by atoms with Crippen molar-refractivity contribution in [2.75, 3.05) is 0 Å². The van der Waals surface area contributed by atoms with E-state index in [9.17, 15) is 0 Å². The molecule has 1 heterocycles. The van der Waals surface area contributed by atoms with Crippen molar-refractivity contribution in [3.05, 3.63) is 149 Å². The van der Waals surface area contributed by atoms with Crippen LogP contribution in [0.2, 0.25) is 0 Å². The summed E-state index contributed by atoms with van der Waals surface area (Å²) in [5, 5.41) is 8.78. The molecule has 5 aromatic rings. The van der Waals surface area contributed by atoms with Gasteiger partial charge in [0.15, 0.2) is 5.82 Å². The molecule has 0 unspecified atom stereocenters. The molecular formula is C28H21BrN4. The Morgan fingerprint density at radius 2 is 1.18 bits per heavy atom. The van der Waals surface area contributed by atoms with Crippen LogP contribution < -0.4 is 0 Å². The predicted molar refractivity (Wildman–Crippen MR) is 135 cm³/mol. The fourth-order valence-corrected chi connectivity index (χ4v) is 4.57. The van der Waals surface area contributed by atoms with Crippen LogP contribution in [0.1, 0.15) is 16.7 Å². The Morgan fingerprint density at radius 3 is 1.70 bits per heavy atom. The fourth-order valence-electron chi connectivity index (χ4n) is 4.18. The second-order valence-electron chi connectivity index (χ2n) is 7.63. The van der Waals surface area contributed by atoms with E-state index < -0.39 is 5.54 Å². The molecule has 160 valence electrons. The minimum atomic E-state index is -0.611. The highest BCUT2D eigenvalue weighted by Gasteiger charge is 2.38. The van der Waals surface area contributed by atoms with Crippen LogP contribution in [0.15, 0.2) is 142 Å². The lowest BCUT2D eigenvalue weighted by atomic mass is 9.77. The van der Waals surface area contributed by atoms with Gasteiger partial charge in [0.2, 0.25) is 0 Å². The number of hydrogen-bond donors (Lipinski definition) is 0. The van der Waals surface area contributed by atoms with E-state index in [0.717, 1.165) is 26.9 Å². The maximum absolute atomic E-state index is 4.59. The molecule has 0 bridgehead atoms. The van der Waals surface area contributed by atoms with Gasteiger partial charge in [-0.2, -0.15) is 0 Å². The smallest absolute Gasteiger partial charge is 0.192 e. The molecule has 5 rings (SSSR count). The molecule has 0 saturated carbocycles. The number of aromatic nitrogens is 2. The fraction of sp³-hybridized carbons (Fsp3) is 0.0357. The summed E-state index contributed by atoms with van der Waals surface area (Å²) in [6, 6.07) is 39.2. The Labute approximate surface area is 201 Å². The average Bonchev–Trinajstić information content (AvgIpc) is 3.35. The van der Waals surface area contributed by atoms with Crippen molar-refractivity contribution < 1.29 is 0 Å². The summed E-state index contributed by atoms with van der Waals surface area (Å²) in [5.41, 5.74) is 3.56. The van der Waals surface area contributed by atoms with Crippen LogP contribution in [0.25, 0.3) is 0 Å². The maximum Gasteiger partial charge on any atom is 0.192 e. The molecule has 1 aromatic heterocycles. The lowest BCUT2D eigenvalue weighted by Crippen LogP contribution is -2.36. The molecular weight excluding hydrogens is 472 g/mol. The summed E-state index contributed by atoms with van der Waals surface area (Å²) in [7, 11) is 0. The zero-order valence-corrected chi connectivity index (χ0v) is 19.4. The summed E-state index contributed by atoms with van der Waals surface area (Å²) in [5.74, 6) is 0.544. The number of hydrogen-bond acceptors (Lipinski definition) is 3. The van der Waals surface area contributed by atoms with Crippen LogP contribution in [-0.4, -0.2) is 9.55 Å². The van der Waals surface area contributed by atoms with Crippen LogP contribution in [-0.2, 0) is 5.54 Å². The summed E-state index contributed by atoms with van der Waals surface area (Å²) in [6.07, 6.45) is 3.79. The van der Waals surface area contributed by atoms with Gasteiger partial charge in [-0.3, -0.25) is 0 Å². The topological polar surface area (TPSA) is 42.5 Å². The quantitative estimate of drug-likeness (QED) is 0.175. The molecule has 0 saturated heterocycles. The third kappa shape index (κ3) is 4.15. The summed E-state index contributed by atoms with van der Waals surface area (Å²) in [4.78, 5) is 4.59. The van der Waals surface area contributed by atoms with Crippen molar-refractivity contribution >= 4 is 27.4 Å². The monoisotopic (exact) mass is 492 g/mol. The molecule has 0 fully saturated rings. The van der Waals surface area contributed by atoms with Gasteiger partial charge >= 0.3 is 0 Å². The van der Waals surface area contributed by atoms with Crippen LogP contribution in [0.5, 0.6) is 0 Å². The lowest BCUT2D eigenvalue weighted by Gasteiger charge is -2.37. The third-order valence-electron chi connectivity index (χ3n) is 5.61. The van der Waals surface area contributed by atoms with Gasteiger partial charge in [0, 0.05) is 4.47 Å². The highest BCUT2D eigenvalue weighted by Crippen LogP contribution is 2.41. The number of azo groups is 1. The van der Waals surface area contributed by atoms with E-state index in [2.05, 4.69) is 109 Å². The minimum absolute atomic E-state index is 0.544. The van der Waals surface area contributed by atoms with E-state index in [1.165, 1.54) is 0 Å². The van der Waals surface area contributed by atoms with Crippen molar-refractivity contribution in [3.8, 4) is 0 Å². The Bertz CT molecular complexity index is 1270. The molecule has 0 amide bonds. The summed E-state index contributed by atoms with van der Waals surface area (Å²) in [6.45, 7) is 0. The van der Waals surface area contributed by atoms with Crippen LogP contribution in [0.4, 0.5) is 11.5 Å². The molecule has 0 aliphatic rings. The van der Waals surface area contributed by atoms with Gasteiger partial charge in [-0.1, -0.05) is 113 Å². The van der Waals surface area contributed by atoms with Crippen LogP contribution in [0, 0.1) is 0 Å². The van der Waals surface area contributed by atoms with Gasteiger partial charge in [0.25, 0.3) is 0 Å². The first-order valence-electron chi connectivity index (χ1n) is 10.7. The predicted octanol–water partition coefficient (Wildman–Crippen LogP) is 7.90. The van der Waals surface area contributed by atoms with E-state index in [1.54, 1.807) is 0 Å². The molecule has 0 aliphatic carbocycles.